The molecule has 5 nitrogen and oxygen atoms in total. The maximum atomic E-state index is 12.2. The topological polar surface area (TPSA) is 77.1 Å². The van der Waals surface area contributed by atoms with Crippen LogP contribution in [-0.2, 0) is 11.3 Å². The molecule has 2 amide bonds. The van der Waals surface area contributed by atoms with Gasteiger partial charge in [0.05, 0.1) is 11.0 Å². The van der Waals surface area contributed by atoms with Crippen LogP contribution in [-0.4, -0.2) is 16.4 Å². The quantitative estimate of drug-likeness (QED) is 0.380. The zero-order valence-corrected chi connectivity index (χ0v) is 18.2. The first kappa shape index (κ1) is 20.5. The highest BCUT2D eigenvalue weighted by molar-refractivity contribution is 6.18. The normalized spacial score (nSPS) is 11.1. The standard InChI is InChI=1S/C28H23N3O2/c1-18(32)30-22-10-5-7-19(15-22)17-31-25-12-6-11-24(28(29)33)27(25)23-14-13-21(16-26(23)31)20-8-3-2-4-9-20/h2-16H,17H2,1H3,(H2,29,33)(H,30,32). The lowest BCUT2D eigenvalue weighted by molar-refractivity contribution is -0.114. The second-order valence-electron chi connectivity index (χ2n) is 8.13. The number of fused-ring (bicyclic) bond motifs is 3. The van der Waals surface area contributed by atoms with E-state index in [0.29, 0.717) is 12.1 Å². The van der Waals surface area contributed by atoms with Gasteiger partial charge in [0.15, 0.2) is 0 Å². The minimum Gasteiger partial charge on any atom is -0.366 e. The zero-order valence-electron chi connectivity index (χ0n) is 18.2. The van der Waals surface area contributed by atoms with Crippen molar-refractivity contribution < 1.29 is 9.59 Å². The van der Waals surface area contributed by atoms with E-state index in [0.717, 1.165) is 44.2 Å². The van der Waals surface area contributed by atoms with E-state index in [9.17, 15) is 9.59 Å². The Balaban J connectivity index is 1.74. The molecule has 0 aliphatic heterocycles. The number of nitrogens with one attached hydrogen (secondary N) is 1. The Morgan fingerprint density at radius 3 is 2.36 bits per heavy atom. The summed E-state index contributed by atoms with van der Waals surface area (Å²) in [6, 6.07) is 30.0. The maximum absolute atomic E-state index is 12.2. The van der Waals surface area contributed by atoms with Crippen molar-refractivity contribution in [2.75, 3.05) is 5.32 Å². The van der Waals surface area contributed by atoms with Crippen molar-refractivity contribution in [1.29, 1.82) is 0 Å². The summed E-state index contributed by atoms with van der Waals surface area (Å²) in [7, 11) is 0. The summed E-state index contributed by atoms with van der Waals surface area (Å²) in [6.45, 7) is 2.07. The predicted molar refractivity (Wildman–Crippen MR) is 133 cm³/mol. The number of aromatic nitrogens is 1. The lowest BCUT2D eigenvalue weighted by Gasteiger charge is -2.11. The van der Waals surface area contributed by atoms with Gasteiger partial charge in [-0.05, 0) is 47.0 Å². The van der Waals surface area contributed by atoms with Crippen LogP contribution in [0.25, 0.3) is 32.9 Å². The summed E-state index contributed by atoms with van der Waals surface area (Å²) in [5, 5.41) is 4.69. The third-order valence-corrected chi connectivity index (χ3v) is 5.85. The third kappa shape index (κ3) is 3.85. The highest BCUT2D eigenvalue weighted by Crippen LogP contribution is 2.35. The van der Waals surface area contributed by atoms with E-state index >= 15 is 0 Å². The molecule has 0 atom stereocenters. The van der Waals surface area contributed by atoms with Crippen molar-refractivity contribution in [1.82, 2.24) is 4.57 Å². The summed E-state index contributed by atoms with van der Waals surface area (Å²) in [6.07, 6.45) is 0. The first-order chi connectivity index (χ1) is 16.0. The molecule has 162 valence electrons. The number of nitrogens with two attached hydrogens (primary N) is 1. The molecule has 3 N–H and O–H groups in total. The van der Waals surface area contributed by atoms with Crippen molar-refractivity contribution in [2.45, 2.75) is 13.5 Å². The molecule has 0 spiro atoms. The molecule has 0 aliphatic rings. The highest BCUT2D eigenvalue weighted by atomic mass is 16.1. The molecule has 5 aromatic rings. The largest absolute Gasteiger partial charge is 0.366 e. The van der Waals surface area contributed by atoms with Crippen molar-refractivity contribution in [3.05, 3.63) is 102 Å². The van der Waals surface area contributed by atoms with Gasteiger partial charge in [0, 0.05) is 35.5 Å². The fourth-order valence-electron chi connectivity index (χ4n) is 4.46. The van der Waals surface area contributed by atoms with E-state index in [2.05, 4.69) is 40.2 Å². The Morgan fingerprint density at radius 2 is 1.61 bits per heavy atom. The fraction of sp³-hybridized carbons (Fsp3) is 0.0714. The minimum atomic E-state index is -0.445. The van der Waals surface area contributed by atoms with Crippen LogP contribution in [0.15, 0.2) is 91.0 Å². The Morgan fingerprint density at radius 1 is 0.818 bits per heavy atom. The van der Waals surface area contributed by atoms with E-state index in [4.69, 9.17) is 5.73 Å². The first-order valence-corrected chi connectivity index (χ1v) is 10.8. The van der Waals surface area contributed by atoms with Crippen molar-refractivity contribution in [3.8, 4) is 11.1 Å². The van der Waals surface area contributed by atoms with Gasteiger partial charge in [-0.1, -0.05) is 60.7 Å². The molecule has 0 saturated heterocycles. The molecule has 5 rings (SSSR count). The Labute approximate surface area is 191 Å². The molecular weight excluding hydrogens is 410 g/mol. The smallest absolute Gasteiger partial charge is 0.249 e. The minimum absolute atomic E-state index is 0.109. The van der Waals surface area contributed by atoms with Gasteiger partial charge in [-0.3, -0.25) is 9.59 Å². The number of carbonyl (C=O) groups excluding carboxylic acids is 2. The fourth-order valence-corrected chi connectivity index (χ4v) is 4.46. The number of amides is 2. The van der Waals surface area contributed by atoms with Gasteiger partial charge in [-0.2, -0.15) is 0 Å². The number of carbonyl (C=O) groups is 2. The molecule has 0 saturated carbocycles. The number of primary amides is 1. The van der Waals surface area contributed by atoms with Crippen molar-refractivity contribution >= 4 is 39.3 Å². The van der Waals surface area contributed by atoms with Crippen LogP contribution in [0.4, 0.5) is 5.69 Å². The van der Waals surface area contributed by atoms with Gasteiger partial charge in [-0.25, -0.2) is 0 Å². The lowest BCUT2D eigenvalue weighted by atomic mass is 10.0. The van der Waals surface area contributed by atoms with Crippen molar-refractivity contribution in [3.63, 3.8) is 0 Å². The van der Waals surface area contributed by atoms with Crippen LogP contribution in [0.2, 0.25) is 0 Å². The van der Waals surface area contributed by atoms with Crippen LogP contribution in [0, 0.1) is 0 Å². The second-order valence-corrected chi connectivity index (χ2v) is 8.13. The molecular formula is C28H23N3O2. The summed E-state index contributed by atoms with van der Waals surface area (Å²) in [5.74, 6) is -0.554. The van der Waals surface area contributed by atoms with E-state index in [1.165, 1.54) is 6.92 Å². The van der Waals surface area contributed by atoms with Gasteiger partial charge < -0.3 is 15.6 Å². The molecule has 33 heavy (non-hydrogen) atoms. The molecule has 1 heterocycles. The lowest BCUT2D eigenvalue weighted by Crippen LogP contribution is -2.11. The van der Waals surface area contributed by atoms with Gasteiger partial charge in [0.2, 0.25) is 11.8 Å². The molecule has 0 unspecified atom stereocenters. The van der Waals surface area contributed by atoms with Gasteiger partial charge in [0.25, 0.3) is 0 Å². The zero-order chi connectivity index (χ0) is 22.9. The van der Waals surface area contributed by atoms with Crippen LogP contribution < -0.4 is 11.1 Å². The van der Waals surface area contributed by atoms with Gasteiger partial charge in [-0.15, -0.1) is 0 Å². The SMILES string of the molecule is CC(=O)Nc1cccc(Cn2c3cc(-c4ccccc4)ccc3c3c(C(N)=O)cccc32)c1. The van der Waals surface area contributed by atoms with Crippen molar-refractivity contribution in [2.24, 2.45) is 5.73 Å². The number of anilines is 1. The number of benzene rings is 4. The average Bonchev–Trinajstić information content (AvgIpc) is 3.12. The molecule has 5 heteroatoms. The Hall–Kier alpha value is -4.38. The first-order valence-electron chi connectivity index (χ1n) is 10.8. The number of rotatable bonds is 5. The van der Waals surface area contributed by atoms with E-state index in [1.807, 2.05) is 54.6 Å². The number of nitrogens with zero attached hydrogens (tertiary/aromatic N) is 1. The Bertz CT molecular complexity index is 1520. The van der Waals surface area contributed by atoms with Crippen LogP contribution in [0.5, 0.6) is 0 Å². The molecule has 0 fully saturated rings. The highest BCUT2D eigenvalue weighted by Gasteiger charge is 2.17. The third-order valence-electron chi connectivity index (χ3n) is 5.85. The second kappa shape index (κ2) is 8.28. The van der Waals surface area contributed by atoms with Gasteiger partial charge >= 0.3 is 0 Å². The number of hydrogen-bond donors (Lipinski definition) is 2. The molecule has 0 bridgehead atoms. The van der Waals surface area contributed by atoms with E-state index in [1.54, 1.807) is 6.07 Å². The summed E-state index contributed by atoms with van der Waals surface area (Å²) in [5.41, 5.74) is 12.2. The average molecular weight is 434 g/mol. The van der Waals surface area contributed by atoms with E-state index < -0.39 is 5.91 Å². The molecule has 1 aromatic heterocycles. The maximum Gasteiger partial charge on any atom is 0.249 e. The summed E-state index contributed by atoms with van der Waals surface area (Å²) < 4.78 is 2.20. The molecule has 4 aromatic carbocycles. The summed E-state index contributed by atoms with van der Waals surface area (Å²) >= 11 is 0. The number of hydrogen-bond acceptors (Lipinski definition) is 2. The van der Waals surface area contributed by atoms with E-state index in [-0.39, 0.29) is 5.91 Å². The molecule has 0 aliphatic carbocycles. The van der Waals surface area contributed by atoms with Crippen LogP contribution >= 0.6 is 0 Å². The Kier molecular flexibility index (Phi) is 5.15. The predicted octanol–water partition coefficient (Wildman–Crippen LogP) is 5.57. The van der Waals surface area contributed by atoms with Crippen LogP contribution in [0.1, 0.15) is 22.8 Å². The summed E-state index contributed by atoms with van der Waals surface area (Å²) in [4.78, 5) is 23.7. The van der Waals surface area contributed by atoms with Crippen LogP contribution in [0.3, 0.4) is 0 Å². The molecule has 0 radical (unpaired) electrons. The monoisotopic (exact) mass is 433 g/mol. The van der Waals surface area contributed by atoms with Gasteiger partial charge in [0.1, 0.15) is 0 Å².